The van der Waals surface area contributed by atoms with Gasteiger partial charge in [0.25, 0.3) is 5.91 Å². The van der Waals surface area contributed by atoms with Crippen molar-refractivity contribution in [2.24, 2.45) is 10.8 Å². The molecule has 1 aromatic heterocycles. The summed E-state index contributed by atoms with van der Waals surface area (Å²) in [5.41, 5.74) is -1.52. The second-order valence-electron chi connectivity index (χ2n) is 9.31. The van der Waals surface area contributed by atoms with E-state index in [0.29, 0.717) is 31.6 Å². The summed E-state index contributed by atoms with van der Waals surface area (Å²) >= 11 is 0. The van der Waals surface area contributed by atoms with Gasteiger partial charge in [0, 0.05) is 37.8 Å². The number of aromatic nitrogens is 2. The zero-order valence-electron chi connectivity index (χ0n) is 17.8. The number of alkyl halides is 3. The van der Waals surface area contributed by atoms with Gasteiger partial charge in [0.1, 0.15) is 11.2 Å². The number of carbonyl (C=O) groups excluding carboxylic acids is 2. The van der Waals surface area contributed by atoms with Gasteiger partial charge in [0.05, 0.1) is 18.3 Å². The molecule has 32 heavy (non-hydrogen) atoms. The molecule has 2 amide bonds. The molecule has 10 heteroatoms. The minimum absolute atomic E-state index is 0.201. The fourth-order valence-electron chi connectivity index (χ4n) is 4.31. The molecule has 2 aliphatic rings. The quantitative estimate of drug-likeness (QED) is 0.669. The van der Waals surface area contributed by atoms with Gasteiger partial charge in [-0.1, -0.05) is 12.1 Å². The zero-order valence-corrected chi connectivity index (χ0v) is 17.8. The fourth-order valence-corrected chi connectivity index (χ4v) is 4.31. The summed E-state index contributed by atoms with van der Waals surface area (Å²) in [6.45, 7) is 3.50. The van der Waals surface area contributed by atoms with Crippen molar-refractivity contribution in [1.82, 2.24) is 19.6 Å². The van der Waals surface area contributed by atoms with Gasteiger partial charge < -0.3 is 9.80 Å². The van der Waals surface area contributed by atoms with Crippen LogP contribution in [0.4, 0.5) is 17.6 Å². The molecule has 1 aromatic carbocycles. The van der Waals surface area contributed by atoms with Gasteiger partial charge in [-0.25, -0.2) is 4.39 Å². The molecule has 0 unspecified atom stereocenters. The van der Waals surface area contributed by atoms with Crippen LogP contribution in [-0.4, -0.2) is 63.7 Å². The maximum atomic E-state index is 13.2. The highest BCUT2D eigenvalue weighted by molar-refractivity contribution is 5.94. The summed E-state index contributed by atoms with van der Waals surface area (Å²) in [5.74, 6) is -1.46. The predicted molar refractivity (Wildman–Crippen MR) is 107 cm³/mol. The normalized spacial score (nSPS) is 18.2. The third-order valence-electron chi connectivity index (χ3n) is 6.45. The molecule has 172 valence electrons. The zero-order chi connectivity index (χ0) is 23.3. The molecule has 3 heterocycles. The van der Waals surface area contributed by atoms with Crippen LogP contribution in [0.2, 0.25) is 0 Å². The number of halogens is 4. The average Bonchev–Trinajstić information content (AvgIpc) is 3.34. The van der Waals surface area contributed by atoms with Crippen LogP contribution in [0.3, 0.4) is 0 Å². The van der Waals surface area contributed by atoms with Crippen molar-refractivity contribution >= 4 is 11.8 Å². The fraction of sp³-hybridized carbons (Fsp3) is 0.500. The molecule has 0 bridgehead atoms. The summed E-state index contributed by atoms with van der Waals surface area (Å²) in [6.07, 6.45) is -0.879. The molecule has 2 aromatic rings. The Morgan fingerprint density at radius 2 is 1.69 bits per heavy atom. The molecule has 0 radical (unpaired) electrons. The van der Waals surface area contributed by atoms with Crippen molar-refractivity contribution in [3.8, 4) is 0 Å². The summed E-state index contributed by atoms with van der Waals surface area (Å²) in [6, 6.07) is 6.01. The molecule has 1 spiro atoms. The SMILES string of the molecule is CC(C)(C(=O)N1CC2(CCN(C(=O)c3cnn(Cc4ccc(F)cc4)c3)C2)C1)C(F)(F)F. The van der Waals surface area contributed by atoms with Gasteiger partial charge in [-0.2, -0.15) is 18.3 Å². The first-order chi connectivity index (χ1) is 14.9. The van der Waals surface area contributed by atoms with E-state index in [0.717, 1.165) is 19.4 Å². The van der Waals surface area contributed by atoms with Crippen LogP contribution in [-0.2, 0) is 11.3 Å². The number of nitrogens with zero attached hydrogens (tertiary/aromatic N) is 4. The number of carbonyl (C=O) groups is 2. The van der Waals surface area contributed by atoms with Crippen LogP contribution in [0.5, 0.6) is 0 Å². The topological polar surface area (TPSA) is 58.4 Å². The average molecular weight is 452 g/mol. The van der Waals surface area contributed by atoms with Crippen LogP contribution < -0.4 is 0 Å². The first-order valence-electron chi connectivity index (χ1n) is 10.3. The van der Waals surface area contributed by atoms with Gasteiger partial charge in [0.2, 0.25) is 5.91 Å². The maximum Gasteiger partial charge on any atom is 0.402 e. The third-order valence-corrected chi connectivity index (χ3v) is 6.45. The lowest BCUT2D eigenvalue weighted by atomic mass is 9.77. The van der Waals surface area contributed by atoms with Crippen LogP contribution >= 0.6 is 0 Å². The molecule has 0 atom stereocenters. The maximum absolute atomic E-state index is 13.2. The highest BCUT2D eigenvalue weighted by atomic mass is 19.4. The van der Waals surface area contributed by atoms with Crippen molar-refractivity contribution in [2.45, 2.75) is 33.0 Å². The molecule has 0 saturated carbocycles. The number of hydrogen-bond donors (Lipinski definition) is 0. The van der Waals surface area contributed by atoms with Gasteiger partial charge in [0.15, 0.2) is 0 Å². The first-order valence-corrected chi connectivity index (χ1v) is 10.3. The van der Waals surface area contributed by atoms with Crippen molar-refractivity contribution in [2.75, 3.05) is 26.2 Å². The van der Waals surface area contributed by atoms with E-state index >= 15 is 0 Å². The standard InChI is InChI=1S/C22H24F4N4O2/c1-20(2,22(24,25)26)19(32)29-13-21(14-29)7-8-28(12-21)18(31)16-9-27-30(11-16)10-15-3-5-17(23)6-4-15/h3-6,9,11H,7-8,10,12-14H2,1-2H3. The highest BCUT2D eigenvalue weighted by Crippen LogP contribution is 2.45. The Bertz CT molecular complexity index is 1020. The Morgan fingerprint density at radius 3 is 2.31 bits per heavy atom. The second kappa shape index (κ2) is 7.60. The van der Waals surface area contributed by atoms with Crippen LogP contribution in [0.15, 0.2) is 36.7 Å². The predicted octanol–water partition coefficient (Wildman–Crippen LogP) is 3.33. The molecule has 2 fully saturated rings. The number of benzene rings is 1. The molecule has 0 aliphatic carbocycles. The number of likely N-dealkylation sites (tertiary alicyclic amines) is 2. The number of hydrogen-bond acceptors (Lipinski definition) is 3. The Kier molecular flexibility index (Phi) is 5.29. The van der Waals surface area contributed by atoms with E-state index < -0.39 is 17.5 Å². The molecular formula is C22H24F4N4O2. The van der Waals surface area contributed by atoms with Gasteiger partial charge in [-0.05, 0) is 38.0 Å². The second-order valence-corrected chi connectivity index (χ2v) is 9.31. The number of amides is 2. The Morgan fingerprint density at radius 1 is 1.06 bits per heavy atom. The van der Waals surface area contributed by atoms with E-state index in [-0.39, 0.29) is 30.2 Å². The van der Waals surface area contributed by atoms with Crippen LogP contribution in [0, 0.1) is 16.6 Å². The van der Waals surface area contributed by atoms with E-state index in [1.165, 1.54) is 23.2 Å². The van der Waals surface area contributed by atoms with Crippen LogP contribution in [0.25, 0.3) is 0 Å². The lowest BCUT2D eigenvalue weighted by Crippen LogP contribution is -2.63. The Balaban J connectivity index is 1.34. The lowest BCUT2D eigenvalue weighted by Gasteiger charge is -2.50. The molecule has 0 N–H and O–H groups in total. The molecular weight excluding hydrogens is 428 g/mol. The van der Waals surface area contributed by atoms with Gasteiger partial charge in [-0.3, -0.25) is 14.3 Å². The highest BCUT2D eigenvalue weighted by Gasteiger charge is 2.59. The molecule has 4 rings (SSSR count). The van der Waals surface area contributed by atoms with E-state index in [1.807, 2.05) is 0 Å². The van der Waals surface area contributed by atoms with Crippen LogP contribution in [0.1, 0.15) is 36.2 Å². The smallest absolute Gasteiger partial charge is 0.341 e. The minimum atomic E-state index is -4.61. The van der Waals surface area contributed by atoms with E-state index in [9.17, 15) is 27.2 Å². The van der Waals surface area contributed by atoms with E-state index in [4.69, 9.17) is 0 Å². The van der Waals surface area contributed by atoms with E-state index in [1.54, 1.807) is 27.9 Å². The summed E-state index contributed by atoms with van der Waals surface area (Å²) in [5, 5.41) is 4.20. The Labute approximate surface area is 182 Å². The first kappa shape index (κ1) is 22.3. The van der Waals surface area contributed by atoms with Crippen molar-refractivity contribution in [3.63, 3.8) is 0 Å². The van der Waals surface area contributed by atoms with Crippen molar-refractivity contribution < 1.29 is 27.2 Å². The summed E-state index contributed by atoms with van der Waals surface area (Å²) in [7, 11) is 0. The van der Waals surface area contributed by atoms with Crippen molar-refractivity contribution in [1.29, 1.82) is 0 Å². The molecule has 6 nitrogen and oxygen atoms in total. The third kappa shape index (κ3) is 3.98. The molecule has 2 saturated heterocycles. The number of rotatable bonds is 4. The Hall–Kier alpha value is -2.91. The monoisotopic (exact) mass is 452 g/mol. The van der Waals surface area contributed by atoms with Gasteiger partial charge in [-0.15, -0.1) is 0 Å². The lowest BCUT2D eigenvalue weighted by molar-refractivity contribution is -0.222. The van der Waals surface area contributed by atoms with Crippen molar-refractivity contribution in [3.05, 3.63) is 53.6 Å². The van der Waals surface area contributed by atoms with E-state index in [2.05, 4.69) is 5.10 Å². The molecule has 2 aliphatic heterocycles. The summed E-state index contributed by atoms with van der Waals surface area (Å²) in [4.78, 5) is 28.1. The summed E-state index contributed by atoms with van der Waals surface area (Å²) < 4.78 is 54.1. The largest absolute Gasteiger partial charge is 0.402 e. The minimum Gasteiger partial charge on any atom is -0.341 e. The van der Waals surface area contributed by atoms with Gasteiger partial charge >= 0.3 is 6.18 Å².